The minimum absolute atomic E-state index is 0.0153. The van der Waals surface area contributed by atoms with Gasteiger partial charge < -0.3 is 14.6 Å². The molecule has 3 aromatic carbocycles. The molecule has 0 spiro atoms. The van der Waals surface area contributed by atoms with Gasteiger partial charge in [-0.05, 0) is 46.8 Å². The molecule has 1 saturated carbocycles. The molecule has 0 radical (unpaired) electrons. The molecule has 4 aromatic rings. The van der Waals surface area contributed by atoms with Gasteiger partial charge in [-0.25, -0.2) is 4.98 Å². The number of thiazole rings is 1. The number of hydrogen-bond donors (Lipinski definition) is 2. The van der Waals surface area contributed by atoms with E-state index in [-0.39, 0.29) is 29.6 Å². The monoisotopic (exact) mass is 653 g/mol. The molecule has 1 aliphatic rings. The maximum Gasteiger partial charge on any atom is 0.303 e. The number of carboxylic acid groups (broad SMARTS) is 1. The standard InChI is InChI=1S/C38H43NO5SSi/c1-38(2,3)46(27-16-8-6-9-17-27,28-18-10-7-11-19-28)44-34(37-39-31-21-14-15-22-35(31)45-37)25-24-30-29(32(40)26-33(30)41)20-12-4-5-13-23-36(42)43/h4,6-12,14-19,21-22,24-25,29-30,32,34,40H,5,13,20,23,26H2,1-3H3,(H,42,43)/b12-4-,25-24+/t29-,30-,32+,34-/m1/s1. The molecule has 5 rings (SSSR count). The average molecular weight is 654 g/mol. The summed E-state index contributed by atoms with van der Waals surface area (Å²) in [4.78, 5) is 29.1. The number of para-hydroxylation sites is 1. The van der Waals surface area contributed by atoms with Gasteiger partial charge in [0.05, 0.1) is 16.3 Å². The predicted molar refractivity (Wildman–Crippen MR) is 188 cm³/mol. The third kappa shape index (κ3) is 7.47. The Kier molecular flexibility index (Phi) is 10.8. The van der Waals surface area contributed by atoms with Crippen LogP contribution in [0, 0.1) is 11.8 Å². The Balaban J connectivity index is 1.54. The number of carbonyl (C=O) groups is 2. The second-order valence-corrected chi connectivity index (χ2v) is 18.3. The Hall–Kier alpha value is -3.69. The van der Waals surface area contributed by atoms with Crippen LogP contribution in [0.5, 0.6) is 0 Å². The van der Waals surface area contributed by atoms with E-state index in [4.69, 9.17) is 14.5 Å². The first-order valence-electron chi connectivity index (χ1n) is 16.0. The molecule has 240 valence electrons. The van der Waals surface area contributed by atoms with Crippen LogP contribution in [0.3, 0.4) is 0 Å². The van der Waals surface area contributed by atoms with Crippen molar-refractivity contribution in [3.05, 3.63) is 114 Å². The van der Waals surface area contributed by atoms with Crippen LogP contribution in [0.1, 0.15) is 64.0 Å². The van der Waals surface area contributed by atoms with Crippen molar-refractivity contribution < 1.29 is 24.2 Å². The van der Waals surface area contributed by atoms with E-state index in [1.807, 2.05) is 54.6 Å². The van der Waals surface area contributed by atoms with E-state index in [2.05, 4.69) is 75.4 Å². The summed E-state index contributed by atoms with van der Waals surface area (Å²) in [6, 6.07) is 29.0. The lowest BCUT2D eigenvalue weighted by Crippen LogP contribution is -2.66. The number of allylic oxidation sites excluding steroid dienone is 3. The van der Waals surface area contributed by atoms with Gasteiger partial charge in [-0.2, -0.15) is 0 Å². The number of rotatable bonds is 13. The number of carbonyl (C=O) groups excluding carboxylic acids is 1. The topological polar surface area (TPSA) is 96.7 Å². The fourth-order valence-electron chi connectivity index (χ4n) is 6.55. The highest BCUT2D eigenvalue weighted by atomic mass is 32.1. The summed E-state index contributed by atoms with van der Waals surface area (Å²) in [5.41, 5.74) is 0.908. The number of aromatic nitrogens is 1. The Morgan fingerprint density at radius 1 is 1.00 bits per heavy atom. The summed E-state index contributed by atoms with van der Waals surface area (Å²) in [6.07, 6.45) is 8.60. The third-order valence-corrected chi connectivity index (χ3v) is 15.0. The van der Waals surface area contributed by atoms with Crippen LogP contribution >= 0.6 is 11.3 Å². The first-order chi connectivity index (χ1) is 22.1. The molecular weight excluding hydrogens is 611 g/mol. The van der Waals surface area contributed by atoms with Gasteiger partial charge in [0.1, 0.15) is 16.9 Å². The average Bonchev–Trinajstić information content (AvgIpc) is 3.58. The molecule has 46 heavy (non-hydrogen) atoms. The quantitative estimate of drug-likeness (QED) is 0.0898. The number of benzene rings is 3. The minimum atomic E-state index is -2.98. The zero-order chi connectivity index (χ0) is 32.7. The molecule has 8 heteroatoms. The highest BCUT2D eigenvalue weighted by Gasteiger charge is 2.52. The maximum absolute atomic E-state index is 13.2. The highest BCUT2D eigenvalue weighted by molar-refractivity contribution is 7.18. The Morgan fingerprint density at radius 2 is 1.63 bits per heavy atom. The lowest BCUT2D eigenvalue weighted by atomic mass is 9.90. The van der Waals surface area contributed by atoms with E-state index >= 15 is 0 Å². The van der Waals surface area contributed by atoms with E-state index in [9.17, 15) is 14.7 Å². The van der Waals surface area contributed by atoms with E-state index in [1.165, 1.54) is 0 Å². The van der Waals surface area contributed by atoms with Crippen LogP contribution in [0.15, 0.2) is 109 Å². The van der Waals surface area contributed by atoms with Crippen molar-refractivity contribution in [2.24, 2.45) is 11.8 Å². The lowest BCUT2D eigenvalue weighted by Gasteiger charge is -2.44. The van der Waals surface area contributed by atoms with Gasteiger partial charge in [-0.3, -0.25) is 9.59 Å². The number of ketones is 1. The number of aliphatic carboxylic acids is 1. The number of fused-ring (bicyclic) bond motifs is 1. The smallest absolute Gasteiger partial charge is 0.303 e. The second kappa shape index (κ2) is 14.8. The number of carboxylic acids is 1. The van der Waals surface area contributed by atoms with Crippen LogP contribution in [-0.2, 0) is 14.0 Å². The Labute approximate surface area is 276 Å². The van der Waals surface area contributed by atoms with Crippen molar-refractivity contribution >= 4 is 52.0 Å². The fraction of sp³-hybridized carbons (Fsp3) is 0.342. The van der Waals surface area contributed by atoms with Crippen LogP contribution < -0.4 is 10.4 Å². The number of nitrogens with zero attached hydrogens (tertiary/aromatic N) is 1. The van der Waals surface area contributed by atoms with Crippen molar-refractivity contribution in [2.45, 2.75) is 70.1 Å². The number of Topliss-reactive ketones (excluding diaryl/α,β-unsaturated/α-hetero) is 1. The first kappa shape index (κ1) is 33.7. The molecule has 0 bridgehead atoms. The van der Waals surface area contributed by atoms with Gasteiger partial charge in [-0.15, -0.1) is 11.3 Å². The molecule has 1 aliphatic carbocycles. The van der Waals surface area contributed by atoms with Gasteiger partial charge in [0.25, 0.3) is 8.32 Å². The maximum atomic E-state index is 13.2. The Bertz CT molecular complexity index is 1610. The molecule has 1 aromatic heterocycles. The van der Waals surface area contributed by atoms with Crippen LogP contribution in [0.2, 0.25) is 5.04 Å². The number of unbranched alkanes of at least 4 members (excludes halogenated alkanes) is 1. The van der Waals surface area contributed by atoms with E-state index < -0.39 is 32.4 Å². The summed E-state index contributed by atoms with van der Waals surface area (Å²) in [5.74, 6) is -1.51. The van der Waals surface area contributed by atoms with Crippen molar-refractivity contribution in [2.75, 3.05) is 0 Å². The minimum Gasteiger partial charge on any atom is -0.481 e. The number of hydrogen-bond acceptors (Lipinski definition) is 6. The van der Waals surface area contributed by atoms with Gasteiger partial charge in [-0.1, -0.05) is 118 Å². The molecule has 0 aliphatic heterocycles. The summed E-state index contributed by atoms with van der Waals surface area (Å²) < 4.78 is 8.63. The van der Waals surface area contributed by atoms with E-state index in [0.717, 1.165) is 25.6 Å². The number of aliphatic hydroxyl groups is 1. The summed E-state index contributed by atoms with van der Waals surface area (Å²) in [7, 11) is -2.98. The molecule has 1 fully saturated rings. The fourth-order valence-corrected chi connectivity index (χ4v) is 12.2. The predicted octanol–water partition coefficient (Wildman–Crippen LogP) is 7.24. The molecule has 0 amide bonds. The lowest BCUT2D eigenvalue weighted by molar-refractivity contribution is -0.137. The van der Waals surface area contributed by atoms with Crippen molar-refractivity contribution in [3.8, 4) is 0 Å². The van der Waals surface area contributed by atoms with E-state index in [0.29, 0.717) is 19.3 Å². The first-order valence-corrected chi connectivity index (χ1v) is 18.7. The second-order valence-electron chi connectivity index (χ2n) is 13.0. The van der Waals surface area contributed by atoms with Gasteiger partial charge in [0.15, 0.2) is 0 Å². The summed E-state index contributed by atoms with van der Waals surface area (Å²) >= 11 is 1.60. The zero-order valence-electron chi connectivity index (χ0n) is 26.7. The molecule has 1 heterocycles. The molecule has 2 N–H and O–H groups in total. The van der Waals surface area contributed by atoms with Crippen molar-refractivity contribution in [1.82, 2.24) is 4.98 Å². The molecule has 0 saturated heterocycles. The molecular formula is C38H43NO5SSi. The van der Waals surface area contributed by atoms with Gasteiger partial charge >= 0.3 is 5.97 Å². The highest BCUT2D eigenvalue weighted by Crippen LogP contribution is 2.42. The number of aliphatic hydroxyl groups excluding tert-OH is 1. The SMILES string of the molecule is CC(C)(C)[Si](O[C@H](/C=C/[C@H]1C(=O)C[C@H](O)[C@@H]1C/C=C\CCCC(=O)O)c1nc2ccccc2s1)(c1ccccc1)c1ccccc1. The van der Waals surface area contributed by atoms with Gasteiger partial charge in [0, 0.05) is 24.7 Å². The molecule has 4 atom stereocenters. The zero-order valence-corrected chi connectivity index (χ0v) is 28.5. The molecule has 6 nitrogen and oxygen atoms in total. The van der Waals surface area contributed by atoms with Gasteiger partial charge in [0.2, 0.25) is 0 Å². The van der Waals surface area contributed by atoms with Crippen LogP contribution in [-0.4, -0.2) is 41.4 Å². The van der Waals surface area contributed by atoms with Crippen LogP contribution in [0.4, 0.5) is 0 Å². The third-order valence-electron chi connectivity index (χ3n) is 8.84. The van der Waals surface area contributed by atoms with Crippen LogP contribution in [0.25, 0.3) is 10.2 Å². The largest absolute Gasteiger partial charge is 0.481 e. The van der Waals surface area contributed by atoms with E-state index in [1.54, 1.807) is 11.3 Å². The van der Waals surface area contributed by atoms with Crippen molar-refractivity contribution in [3.63, 3.8) is 0 Å². The van der Waals surface area contributed by atoms with Crippen molar-refractivity contribution in [1.29, 1.82) is 0 Å². The Morgan fingerprint density at radius 3 is 2.24 bits per heavy atom. The summed E-state index contributed by atoms with van der Waals surface area (Å²) in [6.45, 7) is 6.73. The normalized spacial score (nSPS) is 19.8. The summed E-state index contributed by atoms with van der Waals surface area (Å²) in [5, 5.41) is 22.7. The molecule has 0 unspecified atom stereocenters.